The van der Waals surface area contributed by atoms with Crippen LogP contribution in [0.25, 0.3) is 22.4 Å². The van der Waals surface area contributed by atoms with E-state index in [-0.39, 0.29) is 5.91 Å². The van der Waals surface area contributed by atoms with Gasteiger partial charge in [-0.15, -0.1) is 11.3 Å². The van der Waals surface area contributed by atoms with Gasteiger partial charge in [0.25, 0.3) is 5.91 Å². The van der Waals surface area contributed by atoms with Crippen molar-refractivity contribution < 1.29 is 9.21 Å². The molecule has 5 rings (SSSR count). The van der Waals surface area contributed by atoms with E-state index in [2.05, 4.69) is 10.3 Å². The molecule has 0 atom stereocenters. The number of nitrogens with zero attached hydrogens (tertiary/aromatic N) is 1. The van der Waals surface area contributed by atoms with Crippen LogP contribution in [0.5, 0.6) is 0 Å². The lowest BCUT2D eigenvalue weighted by Crippen LogP contribution is -2.12. The molecule has 1 aromatic carbocycles. The maximum atomic E-state index is 12.7. The number of H-pyrrole nitrogens is 1. The van der Waals surface area contributed by atoms with Crippen LogP contribution in [0.2, 0.25) is 0 Å². The van der Waals surface area contributed by atoms with Crippen molar-refractivity contribution in [1.29, 1.82) is 0 Å². The first-order valence-electron chi connectivity index (χ1n) is 9.16. The Morgan fingerprint density at radius 2 is 2.07 bits per heavy atom. The molecule has 1 aliphatic carbocycles. The van der Waals surface area contributed by atoms with Gasteiger partial charge < -0.3 is 14.7 Å². The molecule has 0 spiro atoms. The number of carbonyl (C=O) groups is 1. The number of fused-ring (bicyclic) bond motifs is 2. The molecule has 0 saturated heterocycles. The number of amides is 1. The zero-order valence-electron chi connectivity index (χ0n) is 15.0. The molecule has 4 aromatic rings. The molecule has 0 aliphatic heterocycles. The summed E-state index contributed by atoms with van der Waals surface area (Å²) >= 11 is 1.66. The molecule has 27 heavy (non-hydrogen) atoms. The van der Waals surface area contributed by atoms with Gasteiger partial charge in [0, 0.05) is 10.4 Å². The number of aromatic nitrogens is 2. The Kier molecular flexibility index (Phi) is 3.86. The molecule has 0 fully saturated rings. The normalized spacial score (nSPS) is 13.7. The third-order valence-corrected chi connectivity index (χ3v) is 6.30. The Bertz CT molecular complexity index is 1120. The van der Waals surface area contributed by atoms with E-state index < -0.39 is 0 Å². The number of nitrogens with one attached hydrogen (secondary N) is 2. The van der Waals surface area contributed by atoms with E-state index in [9.17, 15) is 4.79 Å². The fraction of sp³-hybridized carbons (Fsp3) is 0.238. The monoisotopic (exact) mass is 377 g/mol. The number of carbonyl (C=O) groups excluding carboxylic acids is 1. The molecule has 5 nitrogen and oxygen atoms in total. The zero-order chi connectivity index (χ0) is 18.4. The molecule has 3 heterocycles. The zero-order valence-corrected chi connectivity index (χ0v) is 15.8. The van der Waals surface area contributed by atoms with Gasteiger partial charge in [0.2, 0.25) is 0 Å². The summed E-state index contributed by atoms with van der Waals surface area (Å²) in [5.41, 5.74) is 5.11. The van der Waals surface area contributed by atoms with Gasteiger partial charge in [0.1, 0.15) is 10.8 Å². The largest absolute Gasteiger partial charge is 0.459 e. The van der Waals surface area contributed by atoms with E-state index in [1.165, 1.54) is 23.3 Å². The van der Waals surface area contributed by atoms with Crippen molar-refractivity contribution >= 4 is 33.3 Å². The Hall–Kier alpha value is -2.86. The van der Waals surface area contributed by atoms with Gasteiger partial charge >= 0.3 is 0 Å². The van der Waals surface area contributed by atoms with Crippen molar-refractivity contribution in [2.45, 2.75) is 32.6 Å². The molecule has 1 amide bonds. The van der Waals surface area contributed by atoms with Gasteiger partial charge in [-0.3, -0.25) is 4.79 Å². The molecule has 0 unspecified atom stereocenters. The number of rotatable bonds is 3. The summed E-state index contributed by atoms with van der Waals surface area (Å²) in [7, 11) is 0. The second-order valence-corrected chi connectivity index (χ2v) is 8.01. The molecule has 0 radical (unpaired) electrons. The first-order chi connectivity index (χ1) is 13.2. The summed E-state index contributed by atoms with van der Waals surface area (Å²) in [6.07, 6.45) is 5.99. The second-order valence-electron chi connectivity index (χ2n) is 6.90. The average Bonchev–Trinajstić information content (AvgIpc) is 3.36. The summed E-state index contributed by atoms with van der Waals surface area (Å²) in [6, 6.07) is 9.80. The maximum Gasteiger partial charge on any atom is 0.292 e. The molecule has 2 N–H and O–H groups in total. The third-order valence-electron chi connectivity index (χ3n) is 5.09. The van der Waals surface area contributed by atoms with Crippen LogP contribution in [0.15, 0.2) is 41.0 Å². The molecule has 1 aliphatic rings. The standard InChI is InChI=1S/C21H19N3O2S/c1-12-10-11-26-18(12)20(25)24-21-17(13-6-2-5-9-16(13)27-21)19-22-14-7-3-4-8-15(14)23-19/h3-4,7-8,10-11H,2,5-6,9H2,1H3,(H,22,23)(H,24,25). The van der Waals surface area contributed by atoms with Crippen LogP contribution in [-0.4, -0.2) is 15.9 Å². The van der Waals surface area contributed by atoms with E-state index in [0.717, 1.165) is 45.8 Å². The number of hydrogen-bond acceptors (Lipinski definition) is 4. The van der Waals surface area contributed by atoms with Crippen molar-refractivity contribution in [1.82, 2.24) is 9.97 Å². The summed E-state index contributed by atoms with van der Waals surface area (Å²) in [6.45, 7) is 1.87. The Morgan fingerprint density at radius 3 is 2.89 bits per heavy atom. The topological polar surface area (TPSA) is 70.9 Å². The highest BCUT2D eigenvalue weighted by Crippen LogP contribution is 2.43. The fourth-order valence-electron chi connectivity index (χ4n) is 3.74. The number of furan rings is 1. The highest BCUT2D eigenvalue weighted by atomic mass is 32.1. The number of aromatic amines is 1. The number of para-hydroxylation sites is 2. The van der Waals surface area contributed by atoms with Gasteiger partial charge in [-0.1, -0.05) is 12.1 Å². The van der Waals surface area contributed by atoms with Crippen LogP contribution < -0.4 is 5.32 Å². The Morgan fingerprint density at radius 1 is 1.22 bits per heavy atom. The number of benzene rings is 1. The van der Waals surface area contributed by atoms with E-state index in [1.807, 2.05) is 31.2 Å². The molecule has 0 saturated carbocycles. The SMILES string of the molecule is Cc1ccoc1C(=O)Nc1sc2c(c1-c1nc3ccccc3[nH]1)CCCC2. The molecule has 0 bridgehead atoms. The van der Waals surface area contributed by atoms with Gasteiger partial charge in [0.05, 0.1) is 22.9 Å². The lowest BCUT2D eigenvalue weighted by Gasteiger charge is -2.11. The number of thiophene rings is 1. The van der Waals surface area contributed by atoms with Crippen LogP contribution in [0.4, 0.5) is 5.00 Å². The molecule has 136 valence electrons. The minimum absolute atomic E-state index is 0.214. The van der Waals surface area contributed by atoms with Crippen LogP contribution in [-0.2, 0) is 12.8 Å². The number of anilines is 1. The van der Waals surface area contributed by atoms with E-state index >= 15 is 0 Å². The van der Waals surface area contributed by atoms with Crippen molar-refractivity contribution in [3.05, 3.63) is 58.4 Å². The molecule has 6 heteroatoms. The molecule has 3 aromatic heterocycles. The van der Waals surface area contributed by atoms with E-state index in [1.54, 1.807) is 23.7 Å². The maximum absolute atomic E-state index is 12.7. The van der Waals surface area contributed by atoms with Crippen molar-refractivity contribution in [3.8, 4) is 11.4 Å². The predicted molar refractivity (Wildman–Crippen MR) is 107 cm³/mol. The van der Waals surface area contributed by atoms with Crippen molar-refractivity contribution in [2.24, 2.45) is 0 Å². The first-order valence-corrected chi connectivity index (χ1v) is 9.97. The van der Waals surface area contributed by atoms with E-state index in [0.29, 0.717) is 5.76 Å². The Labute approximate surface area is 160 Å². The Balaban J connectivity index is 1.62. The van der Waals surface area contributed by atoms with Crippen LogP contribution in [0.1, 0.15) is 39.4 Å². The number of hydrogen-bond donors (Lipinski definition) is 2. The highest BCUT2D eigenvalue weighted by Gasteiger charge is 2.26. The smallest absolute Gasteiger partial charge is 0.292 e. The minimum Gasteiger partial charge on any atom is -0.459 e. The fourth-order valence-corrected chi connectivity index (χ4v) is 5.03. The number of aryl methyl sites for hydroxylation is 2. The number of imidazole rings is 1. The van der Waals surface area contributed by atoms with Gasteiger partial charge in [-0.05, 0) is 56.4 Å². The van der Waals surface area contributed by atoms with Crippen molar-refractivity contribution in [3.63, 3.8) is 0 Å². The van der Waals surface area contributed by atoms with Gasteiger partial charge in [0.15, 0.2) is 5.76 Å². The average molecular weight is 377 g/mol. The summed E-state index contributed by atoms with van der Waals surface area (Å²) in [4.78, 5) is 22.3. The van der Waals surface area contributed by atoms with E-state index in [4.69, 9.17) is 9.40 Å². The second kappa shape index (κ2) is 6.39. The summed E-state index contributed by atoms with van der Waals surface area (Å²) in [5, 5.41) is 3.93. The summed E-state index contributed by atoms with van der Waals surface area (Å²) in [5.74, 6) is 0.965. The molecular formula is C21H19N3O2S. The lowest BCUT2D eigenvalue weighted by atomic mass is 9.95. The summed E-state index contributed by atoms with van der Waals surface area (Å²) < 4.78 is 5.36. The minimum atomic E-state index is -0.214. The van der Waals surface area contributed by atoms with Crippen molar-refractivity contribution in [2.75, 3.05) is 5.32 Å². The van der Waals surface area contributed by atoms with Crippen LogP contribution in [0, 0.1) is 6.92 Å². The predicted octanol–water partition coefficient (Wildman–Crippen LogP) is 5.32. The lowest BCUT2D eigenvalue weighted by molar-refractivity contribution is 0.0996. The highest BCUT2D eigenvalue weighted by molar-refractivity contribution is 7.17. The quantitative estimate of drug-likeness (QED) is 0.507. The molecular weight excluding hydrogens is 358 g/mol. The third kappa shape index (κ3) is 2.77. The first kappa shape index (κ1) is 16.3. The van der Waals surface area contributed by atoms with Gasteiger partial charge in [-0.25, -0.2) is 4.98 Å². The van der Waals surface area contributed by atoms with Gasteiger partial charge in [-0.2, -0.15) is 0 Å². The van der Waals surface area contributed by atoms with Crippen LogP contribution in [0.3, 0.4) is 0 Å². The van der Waals surface area contributed by atoms with Crippen LogP contribution >= 0.6 is 11.3 Å².